The number of hydrogen-bond acceptors (Lipinski definition) is 3. The van der Waals surface area contributed by atoms with Crippen LogP contribution in [-0.4, -0.2) is 39.3 Å². The number of nitrogens with zero attached hydrogens (tertiary/aromatic N) is 2. The summed E-state index contributed by atoms with van der Waals surface area (Å²) in [7, 11) is 0. The minimum atomic E-state index is -2.71. The normalized spacial score (nSPS) is 33.6. The van der Waals surface area contributed by atoms with Crippen LogP contribution in [0.5, 0.6) is 0 Å². The molecule has 1 heterocycles. The van der Waals surface area contributed by atoms with Crippen LogP contribution >= 0.6 is 11.6 Å². The first kappa shape index (κ1) is 11.6. The highest BCUT2D eigenvalue weighted by atomic mass is 35.5. The molecular weight excluding hydrogens is 328 g/mol. The van der Waals surface area contributed by atoms with Crippen LogP contribution in [0.15, 0.2) is 29.3 Å². The smallest absolute Gasteiger partial charge is 0.326 e. The number of aliphatic imine (C=N–C) groups is 1. The monoisotopic (exact) mass is 353 g/mol. The van der Waals surface area contributed by atoms with Gasteiger partial charge in [0, 0.05) is 16.1 Å². The van der Waals surface area contributed by atoms with Gasteiger partial charge in [-0.25, -0.2) is 4.79 Å². The minimum absolute atomic E-state index is 0.0871. The molecule has 1 saturated carbocycles. The number of aliphatic carboxylic acids is 1. The van der Waals surface area contributed by atoms with Gasteiger partial charge in [-0.15, -0.1) is 0 Å². The molecule has 1 aliphatic heterocycles. The molecule has 0 aromatic heterocycles. The quantitative estimate of drug-likeness (QED) is 0.900. The molecule has 5 nitrogen and oxygen atoms in total. The highest BCUT2D eigenvalue weighted by molar-refractivity contribution is 6.47. The van der Waals surface area contributed by atoms with Gasteiger partial charge in [-0.2, -0.15) is 0 Å². The first-order valence-corrected chi connectivity index (χ1v) is 8.16. The van der Waals surface area contributed by atoms with Crippen molar-refractivity contribution in [3.05, 3.63) is 34.9 Å². The van der Waals surface area contributed by atoms with Crippen LogP contribution in [-0.2, 0) is 9.59 Å². The first-order valence-electron chi connectivity index (χ1n) is 10.3. The van der Waals surface area contributed by atoms with E-state index in [0.29, 0.717) is 15.5 Å². The third-order valence-electron chi connectivity index (χ3n) is 4.16. The van der Waals surface area contributed by atoms with Crippen molar-refractivity contribution in [3.8, 4) is 0 Å². The molecule has 2 unspecified atom stereocenters. The van der Waals surface area contributed by atoms with Gasteiger partial charge < -0.3 is 5.11 Å². The van der Waals surface area contributed by atoms with Gasteiger partial charge in [0.2, 0.25) is 0 Å². The van der Waals surface area contributed by atoms with E-state index in [1.807, 2.05) is 0 Å². The van der Waals surface area contributed by atoms with Crippen molar-refractivity contribution < 1.29 is 21.5 Å². The van der Waals surface area contributed by atoms with E-state index in [1.165, 1.54) is 31.2 Å². The van der Waals surface area contributed by atoms with Gasteiger partial charge >= 0.3 is 5.97 Å². The third-order valence-corrected chi connectivity index (χ3v) is 4.41. The number of carboxylic acids is 1. The number of rotatable bonds is 4. The average molecular weight is 354 g/mol. The summed E-state index contributed by atoms with van der Waals surface area (Å²) in [6, 6.07) is 3.53. The Labute approximate surface area is 153 Å². The summed E-state index contributed by atoms with van der Waals surface area (Å²) in [6.07, 6.45) is -5.39. The number of carboxylic acid groups (broad SMARTS) is 1. The first-order chi connectivity index (χ1) is 13.3. The zero-order valence-corrected chi connectivity index (χ0v) is 13.9. The fourth-order valence-corrected chi connectivity index (χ4v) is 3.17. The van der Waals surface area contributed by atoms with E-state index in [0.717, 1.165) is 0 Å². The molecule has 1 fully saturated rings. The highest BCUT2D eigenvalue weighted by Crippen LogP contribution is 2.41. The summed E-state index contributed by atoms with van der Waals surface area (Å²) in [5.74, 6) is -2.53. The van der Waals surface area contributed by atoms with Gasteiger partial charge in [0.05, 0.1) is 1.37 Å². The van der Waals surface area contributed by atoms with Crippen molar-refractivity contribution in [2.75, 3.05) is 0 Å². The predicted molar refractivity (Wildman–Crippen MR) is 92.4 cm³/mol. The van der Waals surface area contributed by atoms with Crippen molar-refractivity contribution in [3.63, 3.8) is 0 Å². The molecule has 2 atom stereocenters. The molecule has 1 aromatic rings. The highest BCUT2D eigenvalue weighted by Gasteiger charge is 2.51. The maximum absolute atomic E-state index is 13.4. The van der Waals surface area contributed by atoms with Crippen LogP contribution in [0, 0.1) is 0 Å². The third kappa shape index (κ3) is 2.81. The second-order valence-electron chi connectivity index (χ2n) is 5.69. The van der Waals surface area contributed by atoms with Crippen LogP contribution in [0.3, 0.4) is 0 Å². The molecule has 3 rings (SSSR count). The maximum Gasteiger partial charge on any atom is 0.326 e. The molecule has 0 saturated heterocycles. The summed E-state index contributed by atoms with van der Waals surface area (Å²) in [4.78, 5) is 30.3. The second-order valence-corrected chi connectivity index (χ2v) is 6.12. The lowest BCUT2D eigenvalue weighted by molar-refractivity contribution is -0.153. The predicted octanol–water partition coefficient (Wildman–Crippen LogP) is 3.49. The van der Waals surface area contributed by atoms with Crippen LogP contribution < -0.4 is 0 Å². The van der Waals surface area contributed by atoms with Crippen LogP contribution in [0.4, 0.5) is 0 Å². The number of benzene rings is 1. The summed E-state index contributed by atoms with van der Waals surface area (Å²) in [5.41, 5.74) is -2.04. The molecule has 2 aliphatic rings. The largest absolute Gasteiger partial charge is 0.480 e. The fourth-order valence-electron chi connectivity index (χ4n) is 3.04. The van der Waals surface area contributed by atoms with E-state index < -0.39 is 36.3 Å². The van der Waals surface area contributed by atoms with Crippen molar-refractivity contribution >= 4 is 29.2 Å². The van der Waals surface area contributed by atoms with Crippen molar-refractivity contribution in [2.45, 2.75) is 57.0 Å². The Morgan fingerprint density at radius 1 is 1.50 bits per heavy atom. The molecular formula is C18H21ClN2O3. The Morgan fingerprint density at radius 3 is 2.83 bits per heavy atom. The van der Waals surface area contributed by atoms with E-state index in [9.17, 15) is 14.7 Å². The fraction of sp³-hybridized carbons (Fsp3) is 0.500. The minimum Gasteiger partial charge on any atom is -0.480 e. The molecule has 24 heavy (non-hydrogen) atoms. The molecule has 6 heteroatoms. The number of carbonyl (C=O) groups excluding carboxylic acids is 1. The van der Waals surface area contributed by atoms with Gasteiger partial charge in [0.15, 0.2) is 0 Å². The van der Waals surface area contributed by atoms with E-state index in [1.54, 1.807) is 0 Å². The zero-order chi connectivity index (χ0) is 21.8. The number of halogens is 1. The van der Waals surface area contributed by atoms with Gasteiger partial charge in [0.1, 0.15) is 17.4 Å². The summed E-state index contributed by atoms with van der Waals surface area (Å²) in [5, 5.41) is 10.2. The SMILES string of the molecule is [2H]C(CC)(C(=O)O)N1C(=O)C(c2ccc(Cl)cc2)=NC12CCCC([2H])([2H])C2([2H])[2H]. The van der Waals surface area contributed by atoms with Crippen LogP contribution in [0.2, 0.25) is 5.02 Å². The van der Waals surface area contributed by atoms with E-state index in [2.05, 4.69) is 4.99 Å². The van der Waals surface area contributed by atoms with Gasteiger partial charge in [-0.05, 0) is 44.1 Å². The van der Waals surface area contributed by atoms with Gasteiger partial charge in [-0.3, -0.25) is 14.7 Å². The van der Waals surface area contributed by atoms with Crippen molar-refractivity contribution in [2.24, 2.45) is 4.99 Å². The summed E-state index contributed by atoms with van der Waals surface area (Å²) in [6.45, 7) is 1.41. The lowest BCUT2D eigenvalue weighted by Gasteiger charge is -2.41. The average Bonchev–Trinajstić information content (AvgIpc) is 2.94. The maximum atomic E-state index is 13.4. The van der Waals surface area contributed by atoms with Crippen molar-refractivity contribution in [1.82, 2.24) is 4.90 Å². The number of amides is 1. The topological polar surface area (TPSA) is 70.0 Å². The Hall–Kier alpha value is -1.88. The molecule has 1 amide bonds. The standard InChI is InChI=1S/C18H21ClN2O3/c1-2-14(17(23)24)21-16(22)15(12-6-8-13(19)9-7-12)20-18(21)10-4-3-5-11-18/h6-9,14H,2-5,10-11H2,1H3,(H,23,24)/i4D2,10D2,14D. The molecule has 1 aliphatic carbocycles. The van der Waals surface area contributed by atoms with E-state index >= 15 is 0 Å². The van der Waals surface area contributed by atoms with E-state index in [-0.39, 0.29) is 31.4 Å². The van der Waals surface area contributed by atoms with Crippen LogP contribution in [0.1, 0.15) is 57.8 Å². The molecule has 0 radical (unpaired) electrons. The van der Waals surface area contributed by atoms with Gasteiger partial charge in [-0.1, -0.05) is 37.1 Å². The molecule has 128 valence electrons. The Bertz CT molecular complexity index is 892. The Kier molecular flexibility index (Phi) is 3.18. The summed E-state index contributed by atoms with van der Waals surface area (Å²) >= 11 is 5.89. The molecule has 0 bridgehead atoms. The molecule has 1 aromatic carbocycles. The Balaban J connectivity index is 2.29. The Morgan fingerprint density at radius 2 is 2.21 bits per heavy atom. The number of carbonyl (C=O) groups is 2. The number of hydrogen-bond donors (Lipinski definition) is 1. The lowest BCUT2D eigenvalue weighted by Crippen LogP contribution is -2.55. The second kappa shape index (κ2) is 6.55. The van der Waals surface area contributed by atoms with E-state index in [4.69, 9.17) is 18.5 Å². The van der Waals surface area contributed by atoms with Crippen molar-refractivity contribution in [1.29, 1.82) is 0 Å². The zero-order valence-electron chi connectivity index (χ0n) is 18.2. The van der Waals surface area contributed by atoms with Crippen LogP contribution in [0.25, 0.3) is 0 Å². The van der Waals surface area contributed by atoms with Gasteiger partial charge in [0.25, 0.3) is 5.91 Å². The molecule has 1 N–H and O–H groups in total. The lowest BCUT2D eigenvalue weighted by atomic mass is 9.87. The summed E-state index contributed by atoms with van der Waals surface area (Å²) < 4.78 is 42.1. The molecule has 1 spiro atoms.